The van der Waals surface area contributed by atoms with Crippen LogP contribution in [0.2, 0.25) is 0 Å². The Bertz CT molecular complexity index is 1550. The fourth-order valence-corrected chi connectivity index (χ4v) is 5.34. The van der Waals surface area contributed by atoms with Crippen LogP contribution in [0.1, 0.15) is 66.0 Å². The van der Waals surface area contributed by atoms with Gasteiger partial charge in [0.05, 0.1) is 18.2 Å². The molecule has 0 bridgehead atoms. The molecule has 0 radical (unpaired) electrons. The molecule has 4 heterocycles. The van der Waals surface area contributed by atoms with E-state index < -0.39 is 11.6 Å². The average molecular weight is 556 g/mol. The maximum Gasteiger partial charge on any atom is 0.339 e. The largest absolute Gasteiger partial charge is 0.451 e. The fraction of sp³-hybridized carbons (Fsp3) is 0.367. The topological polar surface area (TPSA) is 139 Å². The first kappa shape index (κ1) is 26.9. The first-order valence-corrected chi connectivity index (χ1v) is 13.8. The number of nitrogens with zero attached hydrogens (tertiary/aromatic N) is 5. The van der Waals surface area contributed by atoms with Gasteiger partial charge in [0.25, 0.3) is 5.89 Å². The summed E-state index contributed by atoms with van der Waals surface area (Å²) in [5.74, 6) is 1.64. The number of cyclic esters (lactones) is 1. The van der Waals surface area contributed by atoms with Gasteiger partial charge in [-0.05, 0) is 70.6 Å². The minimum atomic E-state index is -0.727. The van der Waals surface area contributed by atoms with E-state index in [0.717, 1.165) is 37.1 Å². The lowest BCUT2D eigenvalue weighted by Crippen LogP contribution is -2.29. The molecule has 0 amide bonds. The monoisotopic (exact) mass is 555 g/mol. The molecule has 1 fully saturated rings. The summed E-state index contributed by atoms with van der Waals surface area (Å²) in [4.78, 5) is 28.5. The molecule has 41 heavy (non-hydrogen) atoms. The van der Waals surface area contributed by atoms with Gasteiger partial charge in [-0.1, -0.05) is 35.5 Å². The second kappa shape index (κ2) is 10.9. The van der Waals surface area contributed by atoms with Gasteiger partial charge in [0, 0.05) is 23.4 Å². The third-order valence-electron chi connectivity index (χ3n) is 7.73. The molecule has 11 heteroatoms. The number of piperidine rings is 1. The van der Waals surface area contributed by atoms with Gasteiger partial charge in [-0.2, -0.15) is 9.97 Å². The van der Waals surface area contributed by atoms with Crippen molar-refractivity contribution in [3.05, 3.63) is 77.2 Å². The SMILES string of the molecule is CN1CCC(c2noc(-c3cnc(Nc4ccc5c(c4)C(C)(C)OC5=O)nc3N[C@H](CO)c3ccccc3)n2)CC1. The second-order valence-electron chi connectivity index (χ2n) is 11.1. The van der Waals surface area contributed by atoms with Gasteiger partial charge in [-0.15, -0.1) is 0 Å². The van der Waals surface area contributed by atoms with Crippen molar-refractivity contribution in [2.24, 2.45) is 0 Å². The van der Waals surface area contributed by atoms with E-state index in [2.05, 4.69) is 32.7 Å². The van der Waals surface area contributed by atoms with E-state index in [-0.39, 0.29) is 18.5 Å². The maximum absolute atomic E-state index is 12.2. The van der Waals surface area contributed by atoms with Crippen LogP contribution in [-0.2, 0) is 10.3 Å². The molecule has 1 atom stereocenters. The lowest BCUT2D eigenvalue weighted by molar-refractivity contribution is 0.00954. The van der Waals surface area contributed by atoms with Gasteiger partial charge in [-0.3, -0.25) is 0 Å². The Hall–Kier alpha value is -4.35. The molecule has 0 aliphatic carbocycles. The Morgan fingerprint density at radius 1 is 1.10 bits per heavy atom. The molecular formula is C30H33N7O4. The molecule has 0 saturated carbocycles. The third-order valence-corrected chi connectivity index (χ3v) is 7.73. The molecule has 4 aromatic rings. The Balaban J connectivity index is 1.33. The average Bonchev–Trinajstić information content (AvgIpc) is 3.55. The number of rotatable bonds is 8. The number of hydrogen-bond acceptors (Lipinski definition) is 11. The van der Waals surface area contributed by atoms with Crippen LogP contribution in [0.5, 0.6) is 0 Å². The van der Waals surface area contributed by atoms with Crippen LogP contribution in [0.4, 0.5) is 17.5 Å². The Kier molecular flexibility index (Phi) is 7.14. The molecular weight excluding hydrogens is 522 g/mol. The van der Waals surface area contributed by atoms with E-state index in [1.807, 2.05) is 50.2 Å². The van der Waals surface area contributed by atoms with E-state index >= 15 is 0 Å². The lowest BCUT2D eigenvalue weighted by atomic mass is 9.95. The number of aliphatic hydroxyl groups is 1. The molecule has 11 nitrogen and oxygen atoms in total. The smallest absolute Gasteiger partial charge is 0.339 e. The van der Waals surface area contributed by atoms with Crippen molar-refractivity contribution in [3.8, 4) is 11.5 Å². The summed E-state index contributed by atoms with van der Waals surface area (Å²) in [7, 11) is 2.12. The van der Waals surface area contributed by atoms with Crippen molar-refractivity contribution in [1.29, 1.82) is 0 Å². The summed E-state index contributed by atoms with van der Waals surface area (Å²) < 4.78 is 11.2. The Labute approximate surface area is 238 Å². The van der Waals surface area contributed by atoms with Crippen LogP contribution in [-0.4, -0.2) is 62.8 Å². The van der Waals surface area contributed by atoms with Gasteiger partial charge in [0.15, 0.2) is 5.82 Å². The number of aromatic nitrogens is 4. The van der Waals surface area contributed by atoms with Crippen LogP contribution >= 0.6 is 0 Å². The second-order valence-corrected chi connectivity index (χ2v) is 11.1. The number of carbonyl (C=O) groups excluding carboxylic acids is 1. The molecule has 0 unspecified atom stereocenters. The molecule has 6 rings (SSSR count). The quantitative estimate of drug-likeness (QED) is 0.262. The van der Waals surface area contributed by atoms with Gasteiger partial charge in [0.1, 0.15) is 17.0 Å². The molecule has 0 spiro atoms. The number of aliphatic hydroxyl groups excluding tert-OH is 1. The van der Waals surface area contributed by atoms with Gasteiger partial charge in [0.2, 0.25) is 5.95 Å². The van der Waals surface area contributed by atoms with E-state index in [9.17, 15) is 9.90 Å². The number of fused-ring (bicyclic) bond motifs is 1. The highest BCUT2D eigenvalue weighted by Gasteiger charge is 2.37. The summed E-state index contributed by atoms with van der Waals surface area (Å²) in [6.07, 6.45) is 3.57. The molecule has 3 N–H and O–H groups in total. The molecule has 2 aliphatic heterocycles. The molecule has 2 aliphatic rings. The zero-order valence-electron chi connectivity index (χ0n) is 23.3. The third kappa shape index (κ3) is 5.50. The number of likely N-dealkylation sites (tertiary alicyclic amines) is 1. The zero-order valence-corrected chi connectivity index (χ0v) is 23.3. The van der Waals surface area contributed by atoms with E-state index in [0.29, 0.717) is 40.3 Å². The van der Waals surface area contributed by atoms with Crippen molar-refractivity contribution >= 4 is 23.4 Å². The molecule has 2 aromatic heterocycles. The summed E-state index contributed by atoms with van der Waals surface area (Å²) >= 11 is 0. The van der Waals surface area contributed by atoms with Gasteiger partial charge < -0.3 is 29.9 Å². The Morgan fingerprint density at radius 3 is 2.63 bits per heavy atom. The maximum atomic E-state index is 12.2. The van der Waals surface area contributed by atoms with Crippen LogP contribution in [0.15, 0.2) is 59.3 Å². The van der Waals surface area contributed by atoms with Gasteiger partial charge in [-0.25, -0.2) is 9.78 Å². The van der Waals surface area contributed by atoms with E-state index in [4.69, 9.17) is 19.2 Å². The standard InChI is InChI=1S/C30H33N7O4/c1-30(2)23-15-20(9-10-21(23)28(39)40-30)32-29-31-16-22(26(35-29)33-24(17-38)18-7-5-4-6-8-18)27-34-25(36-41-27)19-11-13-37(3)14-12-19/h4-10,15-16,19,24,38H,11-14,17H2,1-3H3,(H2,31,32,33,35)/t24-/m1/s1. The number of carbonyl (C=O) groups is 1. The predicted octanol–water partition coefficient (Wildman–Crippen LogP) is 4.63. The van der Waals surface area contributed by atoms with Crippen molar-refractivity contribution in [2.75, 3.05) is 37.4 Å². The van der Waals surface area contributed by atoms with E-state index in [1.54, 1.807) is 18.3 Å². The van der Waals surface area contributed by atoms with Crippen molar-refractivity contribution in [1.82, 2.24) is 25.0 Å². The predicted molar refractivity (Wildman–Crippen MR) is 153 cm³/mol. The first-order chi connectivity index (χ1) is 19.8. The zero-order chi connectivity index (χ0) is 28.6. The highest BCUT2D eigenvalue weighted by atomic mass is 16.6. The highest BCUT2D eigenvalue weighted by Crippen LogP contribution is 2.38. The van der Waals surface area contributed by atoms with Crippen molar-refractivity contribution < 1.29 is 19.2 Å². The van der Waals surface area contributed by atoms with Crippen LogP contribution in [0.25, 0.3) is 11.5 Å². The minimum Gasteiger partial charge on any atom is -0.451 e. The Morgan fingerprint density at radius 2 is 1.88 bits per heavy atom. The summed E-state index contributed by atoms with van der Waals surface area (Å²) in [5, 5.41) is 21.1. The first-order valence-electron chi connectivity index (χ1n) is 13.8. The molecule has 1 saturated heterocycles. The summed E-state index contributed by atoms with van der Waals surface area (Å²) in [6, 6.07) is 14.6. The number of ether oxygens (including phenoxy) is 1. The lowest BCUT2D eigenvalue weighted by Gasteiger charge is -2.26. The number of esters is 1. The fourth-order valence-electron chi connectivity index (χ4n) is 5.34. The number of nitrogens with one attached hydrogen (secondary N) is 2. The highest BCUT2D eigenvalue weighted by molar-refractivity contribution is 5.95. The van der Waals surface area contributed by atoms with Crippen molar-refractivity contribution in [3.63, 3.8) is 0 Å². The van der Waals surface area contributed by atoms with Crippen molar-refractivity contribution in [2.45, 2.75) is 44.2 Å². The summed E-state index contributed by atoms with van der Waals surface area (Å²) in [5.41, 5.74) is 2.75. The van der Waals surface area contributed by atoms with Crippen LogP contribution < -0.4 is 10.6 Å². The van der Waals surface area contributed by atoms with Crippen LogP contribution in [0, 0.1) is 0 Å². The van der Waals surface area contributed by atoms with Gasteiger partial charge >= 0.3 is 5.97 Å². The minimum absolute atomic E-state index is 0.158. The van der Waals surface area contributed by atoms with E-state index in [1.165, 1.54) is 0 Å². The number of benzene rings is 2. The molecule has 212 valence electrons. The number of hydrogen-bond donors (Lipinski definition) is 3. The normalized spacial score (nSPS) is 17.6. The number of anilines is 3. The molecule has 2 aromatic carbocycles. The summed E-state index contributed by atoms with van der Waals surface area (Å²) in [6.45, 7) is 5.53. The van der Waals surface area contributed by atoms with Crippen LogP contribution in [0.3, 0.4) is 0 Å².